The first-order valence-corrected chi connectivity index (χ1v) is 10.5. The van der Waals surface area contributed by atoms with Gasteiger partial charge in [-0.05, 0) is 55.8 Å². The number of thioether (sulfide) groups is 1. The number of rotatable bonds is 8. The summed E-state index contributed by atoms with van der Waals surface area (Å²) >= 11 is 1.56. The molecule has 1 N–H and O–H groups in total. The third kappa shape index (κ3) is 5.17. The Hall–Kier alpha value is -2.72. The predicted octanol–water partition coefficient (Wildman–Crippen LogP) is 6.00. The number of amides is 1. The number of nitrogens with one attached hydrogen (secondary N) is 1. The quantitative estimate of drug-likeness (QED) is 0.478. The Morgan fingerprint density at radius 2 is 1.43 bits per heavy atom. The normalized spacial score (nSPS) is 11.6. The third-order valence-electron chi connectivity index (χ3n) is 4.60. The van der Waals surface area contributed by atoms with Crippen molar-refractivity contribution >= 4 is 29.0 Å². The highest BCUT2D eigenvalue weighted by molar-refractivity contribution is 8.00. The van der Waals surface area contributed by atoms with Crippen LogP contribution in [0.25, 0.3) is 0 Å². The number of nitrogens with zero attached hydrogens (tertiary/aromatic N) is 1. The van der Waals surface area contributed by atoms with Crippen LogP contribution in [0, 0.1) is 0 Å². The van der Waals surface area contributed by atoms with E-state index in [9.17, 15) is 4.79 Å². The van der Waals surface area contributed by atoms with Gasteiger partial charge in [0.2, 0.25) is 5.91 Å². The predicted molar refractivity (Wildman–Crippen MR) is 120 cm³/mol. The van der Waals surface area contributed by atoms with Crippen molar-refractivity contribution in [3.8, 4) is 0 Å². The average Bonchev–Trinajstić information content (AvgIpc) is 2.75. The molecule has 0 radical (unpaired) electrons. The molecule has 3 aromatic carbocycles. The summed E-state index contributed by atoms with van der Waals surface area (Å²) in [4.78, 5) is 16.5. The van der Waals surface area contributed by atoms with E-state index in [1.165, 1.54) is 5.69 Å². The molecular weight excluding hydrogens is 364 g/mol. The summed E-state index contributed by atoms with van der Waals surface area (Å²) in [5, 5.41) is 2.77. The molecule has 1 atom stereocenters. The molecule has 0 aliphatic carbocycles. The van der Waals surface area contributed by atoms with Gasteiger partial charge in [0.1, 0.15) is 5.25 Å². The van der Waals surface area contributed by atoms with Gasteiger partial charge < -0.3 is 10.2 Å². The Morgan fingerprint density at radius 1 is 0.857 bits per heavy atom. The van der Waals surface area contributed by atoms with Crippen LogP contribution in [0.3, 0.4) is 0 Å². The molecule has 3 nitrogen and oxygen atoms in total. The van der Waals surface area contributed by atoms with E-state index in [1.54, 1.807) is 11.8 Å². The molecule has 0 saturated carbocycles. The van der Waals surface area contributed by atoms with Crippen LogP contribution in [-0.4, -0.2) is 19.0 Å². The molecule has 0 heterocycles. The number of anilines is 2. The van der Waals surface area contributed by atoms with Crippen molar-refractivity contribution in [2.45, 2.75) is 24.0 Å². The van der Waals surface area contributed by atoms with E-state index in [2.05, 4.69) is 36.2 Å². The monoisotopic (exact) mass is 390 g/mol. The Morgan fingerprint density at radius 3 is 2.00 bits per heavy atom. The lowest BCUT2D eigenvalue weighted by molar-refractivity contribution is -0.115. The summed E-state index contributed by atoms with van der Waals surface area (Å²) in [7, 11) is 0. The lowest BCUT2D eigenvalue weighted by Crippen LogP contribution is -2.22. The van der Waals surface area contributed by atoms with Gasteiger partial charge in [0.05, 0.1) is 0 Å². The second kappa shape index (κ2) is 10.00. The molecule has 3 aromatic rings. The molecule has 0 bridgehead atoms. The van der Waals surface area contributed by atoms with E-state index < -0.39 is 0 Å². The van der Waals surface area contributed by atoms with Crippen molar-refractivity contribution in [3.63, 3.8) is 0 Å². The van der Waals surface area contributed by atoms with Crippen LogP contribution >= 0.6 is 11.8 Å². The highest BCUT2D eigenvalue weighted by Gasteiger charge is 2.22. The summed E-state index contributed by atoms with van der Waals surface area (Å²) in [5.74, 6) is -0.0179. The van der Waals surface area contributed by atoms with Crippen LogP contribution in [-0.2, 0) is 4.79 Å². The fraction of sp³-hybridized carbons (Fsp3) is 0.208. The van der Waals surface area contributed by atoms with Gasteiger partial charge in [-0.3, -0.25) is 4.79 Å². The van der Waals surface area contributed by atoms with Crippen LogP contribution in [0.1, 0.15) is 24.7 Å². The Kier molecular flexibility index (Phi) is 7.15. The van der Waals surface area contributed by atoms with Gasteiger partial charge in [-0.25, -0.2) is 0 Å². The lowest BCUT2D eigenvalue weighted by atomic mass is 10.1. The zero-order valence-electron chi connectivity index (χ0n) is 16.3. The second-order valence-electron chi connectivity index (χ2n) is 6.43. The first-order chi connectivity index (χ1) is 13.7. The highest BCUT2D eigenvalue weighted by Crippen LogP contribution is 2.36. The number of carbonyl (C=O) groups excluding carboxylic acids is 1. The molecule has 3 rings (SSSR count). The zero-order chi connectivity index (χ0) is 19.8. The molecule has 0 unspecified atom stereocenters. The molecular formula is C24H26N2OS. The maximum absolute atomic E-state index is 13.1. The van der Waals surface area contributed by atoms with Gasteiger partial charge in [0.25, 0.3) is 0 Å². The minimum atomic E-state index is -0.314. The maximum Gasteiger partial charge on any atom is 0.242 e. The van der Waals surface area contributed by atoms with Gasteiger partial charge in [-0.1, -0.05) is 48.5 Å². The molecule has 0 aliphatic rings. The molecule has 0 fully saturated rings. The van der Waals surface area contributed by atoms with Crippen LogP contribution in [0.2, 0.25) is 0 Å². The summed E-state index contributed by atoms with van der Waals surface area (Å²) < 4.78 is 0. The minimum absolute atomic E-state index is 0.0179. The van der Waals surface area contributed by atoms with E-state index in [-0.39, 0.29) is 11.2 Å². The van der Waals surface area contributed by atoms with Crippen molar-refractivity contribution in [1.82, 2.24) is 0 Å². The molecule has 0 spiro atoms. The minimum Gasteiger partial charge on any atom is -0.372 e. The summed E-state index contributed by atoms with van der Waals surface area (Å²) in [6.07, 6.45) is 0. The highest BCUT2D eigenvalue weighted by atomic mass is 32.2. The Balaban J connectivity index is 1.77. The van der Waals surface area contributed by atoms with Gasteiger partial charge in [-0.2, -0.15) is 0 Å². The van der Waals surface area contributed by atoms with Crippen molar-refractivity contribution in [3.05, 3.63) is 90.5 Å². The van der Waals surface area contributed by atoms with E-state index in [1.807, 2.05) is 72.8 Å². The molecule has 0 aromatic heterocycles. The standard InChI is InChI=1S/C24H26N2OS/c1-3-26(4-2)21-17-15-20(16-18-21)25-24(27)23(19-11-7-5-8-12-19)28-22-13-9-6-10-14-22/h5-18,23H,3-4H2,1-2H3,(H,25,27)/t23-/m1/s1. The largest absolute Gasteiger partial charge is 0.372 e. The summed E-state index contributed by atoms with van der Waals surface area (Å²) in [6, 6.07) is 28.0. The first-order valence-electron chi connectivity index (χ1n) is 9.63. The zero-order valence-corrected chi connectivity index (χ0v) is 17.2. The fourth-order valence-corrected chi connectivity index (χ4v) is 4.13. The van der Waals surface area contributed by atoms with Gasteiger partial charge in [0, 0.05) is 29.4 Å². The van der Waals surface area contributed by atoms with Gasteiger partial charge >= 0.3 is 0 Å². The number of hydrogen-bond acceptors (Lipinski definition) is 3. The fourth-order valence-electron chi connectivity index (χ4n) is 3.09. The smallest absolute Gasteiger partial charge is 0.242 e. The van der Waals surface area contributed by atoms with Gasteiger partial charge in [-0.15, -0.1) is 11.8 Å². The first kappa shape index (κ1) is 20.0. The maximum atomic E-state index is 13.1. The van der Waals surface area contributed by atoms with Crippen molar-refractivity contribution in [2.75, 3.05) is 23.3 Å². The van der Waals surface area contributed by atoms with Crippen LogP contribution in [0.5, 0.6) is 0 Å². The lowest BCUT2D eigenvalue weighted by Gasteiger charge is -2.21. The van der Waals surface area contributed by atoms with Crippen molar-refractivity contribution < 1.29 is 4.79 Å². The Labute approximate surface area is 171 Å². The molecule has 0 saturated heterocycles. The van der Waals surface area contributed by atoms with Crippen LogP contribution in [0.4, 0.5) is 11.4 Å². The van der Waals surface area contributed by atoms with Crippen LogP contribution < -0.4 is 10.2 Å². The van der Waals surface area contributed by atoms with Crippen LogP contribution in [0.15, 0.2) is 89.8 Å². The molecule has 144 valence electrons. The van der Waals surface area contributed by atoms with E-state index in [4.69, 9.17) is 0 Å². The molecule has 1 amide bonds. The number of benzene rings is 3. The number of carbonyl (C=O) groups is 1. The SMILES string of the molecule is CCN(CC)c1ccc(NC(=O)[C@H](Sc2ccccc2)c2ccccc2)cc1. The second-order valence-corrected chi connectivity index (χ2v) is 7.61. The van der Waals surface area contributed by atoms with E-state index >= 15 is 0 Å². The van der Waals surface area contributed by atoms with Crippen molar-refractivity contribution in [2.24, 2.45) is 0 Å². The topological polar surface area (TPSA) is 32.3 Å². The summed E-state index contributed by atoms with van der Waals surface area (Å²) in [5.41, 5.74) is 2.98. The van der Waals surface area contributed by atoms with E-state index in [0.717, 1.165) is 29.2 Å². The summed E-state index contributed by atoms with van der Waals surface area (Å²) in [6.45, 7) is 6.22. The Bertz CT molecular complexity index is 862. The number of hydrogen-bond donors (Lipinski definition) is 1. The third-order valence-corrected chi connectivity index (χ3v) is 5.87. The molecule has 4 heteroatoms. The molecule has 0 aliphatic heterocycles. The molecule has 28 heavy (non-hydrogen) atoms. The van der Waals surface area contributed by atoms with Crippen molar-refractivity contribution in [1.29, 1.82) is 0 Å². The average molecular weight is 391 g/mol. The van der Waals surface area contributed by atoms with Gasteiger partial charge in [0.15, 0.2) is 0 Å². The van der Waals surface area contributed by atoms with E-state index in [0.29, 0.717) is 0 Å².